The SMILES string of the molecule is C=CC(=O)OCCCCOc1ccc(C(=O)Oc2ccc(N=Cc3cc(OC)c(SC(=O)c4ccc(OCCCCOC(=O)C=C)cc4)c(OC)c3)c(Br)c2)cc1. The highest BCUT2D eigenvalue weighted by Gasteiger charge is 2.19. The Bertz CT molecular complexity index is 2020. The van der Waals surface area contributed by atoms with E-state index < -0.39 is 17.9 Å². The second-order valence-electron chi connectivity index (χ2n) is 11.8. The molecule has 298 valence electrons. The van der Waals surface area contributed by atoms with Gasteiger partial charge in [-0.1, -0.05) is 13.2 Å². The third kappa shape index (κ3) is 14.3. The lowest BCUT2D eigenvalue weighted by Gasteiger charge is -2.13. The molecule has 14 heteroatoms. The van der Waals surface area contributed by atoms with Gasteiger partial charge in [0.2, 0.25) is 5.12 Å². The fourth-order valence-corrected chi connectivity index (χ4v) is 6.20. The van der Waals surface area contributed by atoms with Crippen LogP contribution < -0.4 is 23.7 Å². The van der Waals surface area contributed by atoms with Gasteiger partial charge in [0.15, 0.2) is 0 Å². The van der Waals surface area contributed by atoms with Crippen molar-refractivity contribution >= 4 is 62.6 Å². The van der Waals surface area contributed by atoms with E-state index >= 15 is 0 Å². The second-order valence-corrected chi connectivity index (χ2v) is 13.6. The number of hydrogen-bond donors (Lipinski definition) is 0. The largest absolute Gasteiger partial charge is 0.495 e. The molecular formula is C43H42BrNO11S. The Morgan fingerprint density at radius 2 is 1.16 bits per heavy atom. The first-order valence-corrected chi connectivity index (χ1v) is 19.3. The van der Waals surface area contributed by atoms with Crippen LogP contribution in [0.15, 0.2) is 119 Å². The number of ether oxygens (including phenoxy) is 7. The van der Waals surface area contributed by atoms with Gasteiger partial charge in [0.1, 0.15) is 28.7 Å². The molecule has 0 amide bonds. The number of thioether (sulfide) groups is 1. The molecule has 0 unspecified atom stereocenters. The quantitative estimate of drug-likeness (QED) is 0.0186. The van der Waals surface area contributed by atoms with E-state index in [2.05, 4.69) is 34.1 Å². The van der Waals surface area contributed by atoms with Crippen LogP contribution in [0.4, 0.5) is 5.69 Å². The van der Waals surface area contributed by atoms with Gasteiger partial charge in [0.25, 0.3) is 0 Å². The Labute approximate surface area is 343 Å². The zero-order valence-corrected chi connectivity index (χ0v) is 33.9. The Kier molecular flexibility index (Phi) is 17.9. The van der Waals surface area contributed by atoms with Crippen molar-refractivity contribution < 1.29 is 52.3 Å². The van der Waals surface area contributed by atoms with Crippen LogP contribution in [-0.4, -0.2) is 69.9 Å². The molecule has 0 heterocycles. The predicted octanol–water partition coefficient (Wildman–Crippen LogP) is 9.15. The topological polar surface area (TPSA) is 145 Å². The number of carbonyl (C=O) groups excluding carboxylic acids is 4. The lowest BCUT2D eigenvalue weighted by atomic mass is 10.2. The van der Waals surface area contributed by atoms with Gasteiger partial charge in [0, 0.05) is 34.0 Å². The van der Waals surface area contributed by atoms with Crippen molar-refractivity contribution in [3.8, 4) is 28.7 Å². The van der Waals surface area contributed by atoms with Gasteiger partial charge in [-0.25, -0.2) is 14.4 Å². The fourth-order valence-electron chi connectivity index (χ4n) is 4.82. The van der Waals surface area contributed by atoms with Crippen LogP contribution in [0.5, 0.6) is 28.7 Å². The molecule has 57 heavy (non-hydrogen) atoms. The van der Waals surface area contributed by atoms with Crippen LogP contribution in [-0.2, 0) is 19.1 Å². The maximum Gasteiger partial charge on any atom is 0.343 e. The minimum absolute atomic E-state index is 0.215. The molecule has 0 aromatic heterocycles. The van der Waals surface area contributed by atoms with Crippen molar-refractivity contribution in [2.24, 2.45) is 4.99 Å². The molecule has 0 spiro atoms. The standard InChI is InChI=1S/C43H42BrNO11S/c1-5-39(46)54-23-9-7-21-52-32-15-11-30(12-16-32)42(48)56-34-19-20-36(35(44)27-34)45-28-29-25-37(50-3)41(38(26-29)51-4)57-43(49)31-13-17-33(18-14-31)53-22-8-10-24-55-40(47)6-2/h5-6,11-20,25-28H,1-2,7-10,21-24H2,3-4H3. The highest BCUT2D eigenvalue weighted by atomic mass is 79.9. The van der Waals surface area contributed by atoms with Gasteiger partial charge < -0.3 is 33.2 Å². The maximum absolute atomic E-state index is 13.3. The molecule has 0 radical (unpaired) electrons. The van der Waals surface area contributed by atoms with E-state index in [0.717, 1.165) is 23.9 Å². The number of hydrogen-bond acceptors (Lipinski definition) is 13. The first-order valence-electron chi connectivity index (χ1n) is 17.7. The minimum Gasteiger partial charge on any atom is -0.495 e. The molecule has 0 atom stereocenters. The summed E-state index contributed by atoms with van der Waals surface area (Å²) in [6.07, 6.45) is 6.57. The van der Waals surface area contributed by atoms with Crippen molar-refractivity contribution in [1.29, 1.82) is 0 Å². The first-order chi connectivity index (χ1) is 27.6. The Morgan fingerprint density at radius 3 is 1.65 bits per heavy atom. The molecule has 12 nitrogen and oxygen atoms in total. The summed E-state index contributed by atoms with van der Waals surface area (Å²) < 4.78 is 38.8. The lowest BCUT2D eigenvalue weighted by Crippen LogP contribution is -2.08. The highest BCUT2D eigenvalue weighted by Crippen LogP contribution is 2.40. The Morgan fingerprint density at radius 1 is 0.667 bits per heavy atom. The van der Waals surface area contributed by atoms with Crippen molar-refractivity contribution in [1.82, 2.24) is 0 Å². The molecule has 4 rings (SSSR count). The summed E-state index contributed by atoms with van der Waals surface area (Å²) in [5.74, 6) is 0.951. The summed E-state index contributed by atoms with van der Waals surface area (Å²) in [5, 5.41) is -0.215. The number of benzene rings is 4. The van der Waals surface area contributed by atoms with Crippen LogP contribution in [0, 0.1) is 0 Å². The van der Waals surface area contributed by atoms with E-state index in [1.165, 1.54) is 14.2 Å². The molecule has 0 aliphatic rings. The predicted molar refractivity (Wildman–Crippen MR) is 221 cm³/mol. The Balaban J connectivity index is 1.30. The molecule has 0 bridgehead atoms. The molecule has 0 saturated heterocycles. The van der Waals surface area contributed by atoms with Gasteiger partial charge in [-0.3, -0.25) is 9.79 Å². The van der Waals surface area contributed by atoms with Gasteiger partial charge in [-0.2, -0.15) is 0 Å². The number of methoxy groups -OCH3 is 2. The van der Waals surface area contributed by atoms with E-state index in [1.54, 1.807) is 85.1 Å². The van der Waals surface area contributed by atoms with Crippen LogP contribution in [0.1, 0.15) is 52.0 Å². The fraction of sp³-hybridized carbons (Fsp3) is 0.233. The smallest absolute Gasteiger partial charge is 0.343 e. The van der Waals surface area contributed by atoms with Crippen LogP contribution in [0.2, 0.25) is 0 Å². The summed E-state index contributed by atoms with van der Waals surface area (Å²) in [7, 11) is 3.02. The zero-order chi connectivity index (χ0) is 41.0. The molecule has 0 N–H and O–H groups in total. The van der Waals surface area contributed by atoms with Crippen molar-refractivity contribution in [3.05, 3.63) is 125 Å². The average Bonchev–Trinajstić information content (AvgIpc) is 3.23. The third-order valence-electron chi connectivity index (χ3n) is 7.78. The normalized spacial score (nSPS) is 10.6. The van der Waals surface area contributed by atoms with Gasteiger partial charge in [0.05, 0.1) is 56.8 Å². The van der Waals surface area contributed by atoms with E-state index in [9.17, 15) is 19.2 Å². The van der Waals surface area contributed by atoms with E-state index in [4.69, 9.17) is 33.2 Å². The monoisotopic (exact) mass is 859 g/mol. The lowest BCUT2D eigenvalue weighted by molar-refractivity contribution is -0.138. The third-order valence-corrected chi connectivity index (χ3v) is 9.44. The van der Waals surface area contributed by atoms with Crippen molar-refractivity contribution in [2.45, 2.75) is 30.6 Å². The molecule has 0 fully saturated rings. The molecule has 0 saturated carbocycles. The van der Waals surface area contributed by atoms with Gasteiger partial charge in [-0.15, -0.1) is 0 Å². The molecule has 4 aromatic carbocycles. The van der Waals surface area contributed by atoms with Gasteiger partial charge >= 0.3 is 17.9 Å². The number of carbonyl (C=O) groups is 4. The maximum atomic E-state index is 13.3. The van der Waals surface area contributed by atoms with Crippen molar-refractivity contribution in [3.63, 3.8) is 0 Å². The van der Waals surface area contributed by atoms with Crippen molar-refractivity contribution in [2.75, 3.05) is 40.6 Å². The van der Waals surface area contributed by atoms with Crippen LogP contribution >= 0.6 is 27.7 Å². The summed E-state index contributed by atoms with van der Waals surface area (Å²) in [5.41, 5.74) is 2.05. The van der Waals surface area contributed by atoms with E-state index in [1.807, 2.05) is 0 Å². The van der Waals surface area contributed by atoms with Crippen LogP contribution in [0.3, 0.4) is 0 Å². The number of aliphatic imine (C=N–C) groups is 1. The van der Waals surface area contributed by atoms with E-state index in [0.29, 0.717) is 113 Å². The second kappa shape index (κ2) is 23.3. The number of unbranched alkanes of at least 4 members (excludes halogenated alkanes) is 2. The average molecular weight is 861 g/mol. The Hall–Kier alpha value is -5.86. The number of nitrogens with zero attached hydrogens (tertiary/aromatic N) is 1. The minimum atomic E-state index is -0.538. The summed E-state index contributed by atoms with van der Waals surface area (Å²) in [6, 6.07) is 21.9. The molecular weight excluding hydrogens is 818 g/mol. The van der Waals surface area contributed by atoms with Gasteiger partial charge in [-0.05, 0) is 132 Å². The molecule has 0 aliphatic heterocycles. The summed E-state index contributed by atoms with van der Waals surface area (Å²) in [6.45, 7) is 8.18. The number of esters is 3. The summed E-state index contributed by atoms with van der Waals surface area (Å²) >= 11 is 4.49. The molecule has 4 aromatic rings. The number of halogens is 1. The van der Waals surface area contributed by atoms with Crippen LogP contribution in [0.25, 0.3) is 0 Å². The summed E-state index contributed by atoms with van der Waals surface area (Å²) in [4.78, 5) is 53.4. The number of rotatable bonds is 22. The van der Waals surface area contributed by atoms with E-state index in [-0.39, 0.29) is 5.12 Å². The molecule has 0 aliphatic carbocycles. The zero-order valence-electron chi connectivity index (χ0n) is 31.5. The highest BCUT2D eigenvalue weighted by molar-refractivity contribution is 9.10. The first kappa shape index (κ1) is 43.9.